The molecule has 5 rings (SSSR count). The number of amides is 1. The lowest BCUT2D eigenvalue weighted by Crippen LogP contribution is -2.36. The van der Waals surface area contributed by atoms with Crippen LogP contribution in [-0.4, -0.2) is 73.3 Å². The minimum atomic E-state index is -0.676. The number of carbonyl (C=O) groups excluding carboxylic acids is 1. The number of pyridine rings is 1. The van der Waals surface area contributed by atoms with Crippen LogP contribution in [0.3, 0.4) is 0 Å². The van der Waals surface area contributed by atoms with E-state index in [-0.39, 0.29) is 24.8 Å². The summed E-state index contributed by atoms with van der Waals surface area (Å²) in [6, 6.07) is 8.69. The molecule has 0 aliphatic heterocycles. The fourth-order valence-corrected chi connectivity index (χ4v) is 5.30. The van der Waals surface area contributed by atoms with Gasteiger partial charge in [0.05, 0.1) is 36.6 Å². The summed E-state index contributed by atoms with van der Waals surface area (Å²) >= 11 is 1.32. The number of hydrogen-bond acceptors (Lipinski definition) is 10. The molecule has 0 aliphatic rings. The Kier molecular flexibility index (Phi) is 8.76. The van der Waals surface area contributed by atoms with Crippen molar-refractivity contribution in [1.29, 1.82) is 0 Å². The van der Waals surface area contributed by atoms with Gasteiger partial charge in [-0.2, -0.15) is 4.39 Å². The first kappa shape index (κ1) is 29.8. The number of carbonyl (C=O) groups is 1. The third-order valence-corrected chi connectivity index (χ3v) is 7.32. The summed E-state index contributed by atoms with van der Waals surface area (Å²) in [6.45, 7) is 6.74. The third-order valence-electron chi connectivity index (χ3n) is 6.13. The highest BCUT2D eigenvalue weighted by molar-refractivity contribution is 7.22. The maximum Gasteiger partial charge on any atom is 0.410 e. The first-order valence-electron chi connectivity index (χ1n) is 13.4. The highest BCUT2D eigenvalue weighted by Gasteiger charge is 2.21. The summed E-state index contributed by atoms with van der Waals surface area (Å²) < 4.78 is 43.1. The van der Waals surface area contributed by atoms with Gasteiger partial charge in [-0.1, -0.05) is 23.4 Å². The second-order valence-electron chi connectivity index (χ2n) is 10.6. The van der Waals surface area contributed by atoms with Gasteiger partial charge in [-0.3, -0.25) is 4.68 Å². The van der Waals surface area contributed by atoms with E-state index >= 15 is 0 Å². The van der Waals surface area contributed by atoms with E-state index in [0.717, 1.165) is 16.3 Å². The normalized spacial score (nSPS) is 11.5. The lowest BCUT2D eigenvalue weighted by Gasteiger charge is -2.24. The Morgan fingerprint density at radius 2 is 1.98 bits per heavy atom. The molecule has 0 saturated carbocycles. The van der Waals surface area contributed by atoms with Crippen LogP contribution >= 0.6 is 11.3 Å². The molecule has 1 N–H and O–H groups in total. The fraction of sp³-hybridized carbons (Fsp3) is 0.310. The molecule has 0 radical (unpaired) electrons. The van der Waals surface area contributed by atoms with Crippen molar-refractivity contribution in [3.8, 4) is 27.4 Å². The second-order valence-corrected chi connectivity index (χ2v) is 11.6. The highest BCUT2D eigenvalue weighted by Crippen LogP contribution is 2.42. The van der Waals surface area contributed by atoms with E-state index in [9.17, 15) is 13.6 Å². The summed E-state index contributed by atoms with van der Waals surface area (Å²) in [4.78, 5) is 26.5. The SMILES string of the molecule is CN(CCOc1cnc(F)cc1-c1cccc2cc(-c3nc(NCCn4ccnn4)ncc3F)sc12)C(=O)OC(C)(C)C. The lowest BCUT2D eigenvalue weighted by atomic mass is 10.0. The van der Waals surface area contributed by atoms with E-state index in [1.807, 2.05) is 24.3 Å². The summed E-state index contributed by atoms with van der Waals surface area (Å²) in [7, 11) is 1.61. The quantitative estimate of drug-likeness (QED) is 0.201. The third kappa shape index (κ3) is 7.38. The lowest BCUT2D eigenvalue weighted by molar-refractivity contribution is 0.0278. The van der Waals surface area contributed by atoms with Gasteiger partial charge in [-0.05, 0) is 32.2 Å². The van der Waals surface area contributed by atoms with E-state index in [0.29, 0.717) is 34.8 Å². The van der Waals surface area contributed by atoms with E-state index in [1.54, 1.807) is 44.9 Å². The maximum atomic E-state index is 14.9. The number of aromatic nitrogens is 6. The molecule has 0 unspecified atom stereocenters. The summed E-state index contributed by atoms with van der Waals surface area (Å²) in [5.74, 6) is -0.626. The van der Waals surface area contributed by atoms with Crippen molar-refractivity contribution in [2.45, 2.75) is 32.9 Å². The molecule has 0 saturated heterocycles. The number of rotatable bonds is 10. The van der Waals surface area contributed by atoms with Gasteiger partial charge < -0.3 is 19.7 Å². The van der Waals surface area contributed by atoms with Crippen molar-refractivity contribution in [3.63, 3.8) is 0 Å². The number of nitrogens with zero attached hydrogens (tertiary/aromatic N) is 7. The smallest absolute Gasteiger partial charge is 0.410 e. The predicted molar refractivity (Wildman–Crippen MR) is 159 cm³/mol. The van der Waals surface area contributed by atoms with Crippen LogP contribution in [-0.2, 0) is 11.3 Å². The molecule has 5 aromatic rings. The zero-order valence-electron chi connectivity index (χ0n) is 24.0. The van der Waals surface area contributed by atoms with Crippen molar-refractivity contribution < 1.29 is 23.0 Å². The number of hydrogen-bond donors (Lipinski definition) is 1. The number of fused-ring (bicyclic) bond motifs is 1. The van der Waals surface area contributed by atoms with Crippen LogP contribution in [0.4, 0.5) is 19.5 Å². The van der Waals surface area contributed by atoms with Crippen LogP contribution in [0.5, 0.6) is 5.75 Å². The Bertz CT molecular complexity index is 1720. The molecule has 1 aromatic carbocycles. The number of nitrogens with one attached hydrogen (secondary N) is 1. The van der Waals surface area contributed by atoms with Crippen molar-refractivity contribution in [2.24, 2.45) is 0 Å². The van der Waals surface area contributed by atoms with Crippen LogP contribution in [0, 0.1) is 11.8 Å². The molecule has 0 atom stereocenters. The number of thiophene rings is 1. The molecule has 0 fully saturated rings. The van der Waals surface area contributed by atoms with E-state index < -0.39 is 23.5 Å². The Hall–Kier alpha value is -4.72. The number of benzene rings is 1. The fourth-order valence-electron chi connectivity index (χ4n) is 4.12. The number of likely N-dealkylation sites (N-methyl/N-ethyl adjacent to an activating group) is 1. The van der Waals surface area contributed by atoms with Gasteiger partial charge in [0.25, 0.3) is 0 Å². The van der Waals surface area contributed by atoms with Gasteiger partial charge in [-0.25, -0.2) is 24.1 Å². The number of halogens is 2. The molecule has 14 heteroatoms. The van der Waals surface area contributed by atoms with E-state index in [1.165, 1.54) is 28.5 Å². The van der Waals surface area contributed by atoms with Crippen molar-refractivity contribution in [3.05, 3.63) is 66.9 Å². The molecule has 0 spiro atoms. The van der Waals surface area contributed by atoms with Crippen LogP contribution in [0.15, 0.2) is 55.1 Å². The molecule has 11 nitrogen and oxygen atoms in total. The average molecular weight is 609 g/mol. The zero-order chi connectivity index (χ0) is 30.6. The molecular formula is C29H30F2N8O3S. The van der Waals surface area contributed by atoms with Crippen molar-refractivity contribution >= 4 is 33.5 Å². The van der Waals surface area contributed by atoms with Crippen molar-refractivity contribution in [2.75, 3.05) is 32.1 Å². The molecule has 43 heavy (non-hydrogen) atoms. The van der Waals surface area contributed by atoms with E-state index in [4.69, 9.17) is 9.47 Å². The molecule has 4 heterocycles. The summed E-state index contributed by atoms with van der Waals surface area (Å²) in [5.41, 5.74) is 0.688. The molecule has 224 valence electrons. The molecule has 0 aliphatic carbocycles. The number of anilines is 1. The Labute approximate surface area is 250 Å². The minimum Gasteiger partial charge on any atom is -0.489 e. The second kappa shape index (κ2) is 12.7. The van der Waals surface area contributed by atoms with Gasteiger partial charge in [0.1, 0.15) is 23.7 Å². The van der Waals surface area contributed by atoms with Crippen LogP contribution < -0.4 is 10.1 Å². The Morgan fingerprint density at radius 1 is 1.14 bits per heavy atom. The highest BCUT2D eigenvalue weighted by atomic mass is 32.1. The molecular weight excluding hydrogens is 578 g/mol. The van der Waals surface area contributed by atoms with Gasteiger partial charge in [-0.15, -0.1) is 16.4 Å². The molecule has 4 aromatic heterocycles. The molecule has 0 bridgehead atoms. The van der Waals surface area contributed by atoms with Gasteiger partial charge in [0, 0.05) is 41.7 Å². The van der Waals surface area contributed by atoms with E-state index in [2.05, 4.69) is 30.6 Å². The van der Waals surface area contributed by atoms with Crippen molar-refractivity contribution in [1.82, 2.24) is 34.8 Å². The largest absolute Gasteiger partial charge is 0.489 e. The minimum absolute atomic E-state index is 0.126. The van der Waals surface area contributed by atoms with Gasteiger partial charge in [0.15, 0.2) is 5.82 Å². The monoisotopic (exact) mass is 608 g/mol. The molecule has 1 amide bonds. The van der Waals surface area contributed by atoms with Crippen LogP contribution in [0.1, 0.15) is 20.8 Å². The van der Waals surface area contributed by atoms with Crippen LogP contribution in [0.2, 0.25) is 0 Å². The Morgan fingerprint density at radius 3 is 2.74 bits per heavy atom. The predicted octanol–water partition coefficient (Wildman–Crippen LogP) is 5.65. The topological polar surface area (TPSA) is 120 Å². The maximum absolute atomic E-state index is 14.9. The number of ether oxygens (including phenoxy) is 2. The first-order valence-corrected chi connectivity index (χ1v) is 14.3. The summed E-state index contributed by atoms with van der Waals surface area (Å²) in [6.07, 6.45) is 5.29. The first-order chi connectivity index (χ1) is 20.6. The standard InChI is InChI=1S/C29H30F2N8O3S/c1-29(2,3)42-28(40)38(4)12-13-41-22-17-33-24(31)15-20(22)19-7-5-6-18-14-23(43-26(18)19)25-21(30)16-34-27(36-25)32-8-10-39-11-9-35-37-39/h5-7,9,11,14-17H,8,10,12-13H2,1-4H3,(H,32,34,36). The zero-order valence-corrected chi connectivity index (χ0v) is 24.9. The average Bonchev–Trinajstić information content (AvgIpc) is 3.64. The van der Waals surface area contributed by atoms with Crippen LogP contribution in [0.25, 0.3) is 31.8 Å². The van der Waals surface area contributed by atoms with Gasteiger partial charge >= 0.3 is 6.09 Å². The summed E-state index contributed by atoms with van der Waals surface area (Å²) in [5, 5.41) is 11.6. The van der Waals surface area contributed by atoms with Gasteiger partial charge in [0.2, 0.25) is 11.9 Å². The Balaban J connectivity index is 1.37.